The Balaban J connectivity index is 1.57. The summed E-state index contributed by atoms with van der Waals surface area (Å²) in [6.45, 7) is 4.75. The summed E-state index contributed by atoms with van der Waals surface area (Å²) in [5.74, 6) is 0.881. The molecular formula is C20H19N3OS3. The molecule has 138 valence electrons. The van der Waals surface area contributed by atoms with E-state index in [-0.39, 0.29) is 0 Å². The van der Waals surface area contributed by atoms with Gasteiger partial charge in [-0.25, -0.2) is 9.97 Å². The van der Waals surface area contributed by atoms with Crippen molar-refractivity contribution in [2.45, 2.75) is 18.7 Å². The van der Waals surface area contributed by atoms with Gasteiger partial charge in [-0.05, 0) is 62.6 Å². The molecule has 4 aromatic rings. The van der Waals surface area contributed by atoms with E-state index in [4.69, 9.17) is 9.72 Å². The number of hydrogen-bond donors (Lipinski definition) is 1. The van der Waals surface area contributed by atoms with E-state index in [1.165, 1.54) is 14.5 Å². The Labute approximate surface area is 170 Å². The zero-order valence-corrected chi connectivity index (χ0v) is 17.7. The first kappa shape index (κ1) is 18.3. The summed E-state index contributed by atoms with van der Waals surface area (Å²) in [5.41, 5.74) is 3.10. The largest absolute Gasteiger partial charge is 0.494 e. The van der Waals surface area contributed by atoms with Crippen molar-refractivity contribution in [1.29, 1.82) is 0 Å². The lowest BCUT2D eigenvalue weighted by molar-refractivity contribution is 0.340. The molecule has 0 bridgehead atoms. The van der Waals surface area contributed by atoms with Gasteiger partial charge in [-0.1, -0.05) is 11.3 Å². The van der Waals surface area contributed by atoms with Gasteiger partial charge in [0.15, 0.2) is 10.3 Å². The Hall–Kier alpha value is -2.09. The van der Waals surface area contributed by atoms with E-state index in [0.717, 1.165) is 32.8 Å². The zero-order valence-electron chi connectivity index (χ0n) is 15.3. The van der Waals surface area contributed by atoms with Crippen molar-refractivity contribution in [3.05, 3.63) is 47.3 Å². The van der Waals surface area contributed by atoms with Gasteiger partial charge in [0.2, 0.25) is 0 Å². The molecule has 27 heavy (non-hydrogen) atoms. The van der Waals surface area contributed by atoms with Gasteiger partial charge in [-0.2, -0.15) is 0 Å². The number of aryl methyl sites for hydroxylation is 1. The number of hydrogen-bond acceptors (Lipinski definition) is 7. The number of anilines is 2. The number of aromatic nitrogens is 2. The normalized spacial score (nSPS) is 11.1. The highest BCUT2D eigenvalue weighted by atomic mass is 32.2. The second-order valence-corrected chi connectivity index (χ2v) is 8.97. The third-order valence-electron chi connectivity index (χ3n) is 4.04. The van der Waals surface area contributed by atoms with Gasteiger partial charge >= 0.3 is 0 Å². The molecule has 0 fully saturated rings. The first-order valence-corrected chi connectivity index (χ1v) is 11.4. The van der Waals surface area contributed by atoms with Crippen molar-refractivity contribution in [3.8, 4) is 17.0 Å². The number of thiazole rings is 2. The highest BCUT2D eigenvalue weighted by Gasteiger charge is 2.12. The first-order valence-electron chi connectivity index (χ1n) is 8.58. The summed E-state index contributed by atoms with van der Waals surface area (Å²) in [6.07, 6.45) is 2.09. The Morgan fingerprint density at radius 2 is 1.81 bits per heavy atom. The topological polar surface area (TPSA) is 47.0 Å². The number of thioether (sulfide) groups is 1. The van der Waals surface area contributed by atoms with E-state index in [2.05, 4.69) is 53.8 Å². The predicted molar refractivity (Wildman–Crippen MR) is 118 cm³/mol. The highest BCUT2D eigenvalue weighted by molar-refractivity contribution is 7.98. The molecule has 2 heterocycles. The molecule has 0 amide bonds. The van der Waals surface area contributed by atoms with E-state index in [1.807, 2.05) is 19.1 Å². The molecule has 0 saturated carbocycles. The van der Waals surface area contributed by atoms with Gasteiger partial charge in [0.25, 0.3) is 0 Å². The minimum Gasteiger partial charge on any atom is -0.494 e. The second kappa shape index (κ2) is 7.88. The Bertz CT molecular complexity index is 1070. The quantitative estimate of drug-likeness (QED) is 0.361. The van der Waals surface area contributed by atoms with Gasteiger partial charge in [0.1, 0.15) is 5.75 Å². The molecule has 0 aliphatic carbocycles. The summed E-state index contributed by atoms with van der Waals surface area (Å²) in [7, 11) is 0. The minimum absolute atomic E-state index is 0.670. The van der Waals surface area contributed by atoms with Gasteiger partial charge in [-0.3, -0.25) is 0 Å². The molecule has 0 radical (unpaired) electrons. The molecular weight excluding hydrogens is 394 g/mol. The van der Waals surface area contributed by atoms with Crippen molar-refractivity contribution in [3.63, 3.8) is 0 Å². The number of rotatable bonds is 6. The van der Waals surface area contributed by atoms with Crippen LogP contribution in [0.25, 0.3) is 21.5 Å². The second-order valence-electron chi connectivity index (χ2n) is 5.86. The van der Waals surface area contributed by atoms with Crippen molar-refractivity contribution in [2.75, 3.05) is 18.2 Å². The summed E-state index contributed by atoms with van der Waals surface area (Å²) in [6, 6.07) is 14.4. The predicted octanol–water partition coefficient (Wildman–Crippen LogP) is 6.59. The lowest BCUT2D eigenvalue weighted by Crippen LogP contribution is -1.91. The number of ether oxygens (including phenoxy) is 1. The summed E-state index contributed by atoms with van der Waals surface area (Å²) >= 11 is 5.04. The molecule has 1 N–H and O–H groups in total. The van der Waals surface area contributed by atoms with Gasteiger partial charge in [-0.15, -0.1) is 23.1 Å². The van der Waals surface area contributed by atoms with Crippen molar-refractivity contribution < 1.29 is 4.74 Å². The van der Waals surface area contributed by atoms with Crippen LogP contribution in [0.1, 0.15) is 11.8 Å². The maximum atomic E-state index is 5.52. The van der Waals surface area contributed by atoms with Crippen LogP contribution in [-0.2, 0) is 0 Å². The van der Waals surface area contributed by atoms with Gasteiger partial charge in [0, 0.05) is 15.3 Å². The van der Waals surface area contributed by atoms with Crippen LogP contribution in [0.4, 0.5) is 10.3 Å². The summed E-state index contributed by atoms with van der Waals surface area (Å²) in [4.78, 5) is 11.9. The maximum absolute atomic E-state index is 5.52. The van der Waals surface area contributed by atoms with E-state index in [1.54, 1.807) is 34.4 Å². The van der Waals surface area contributed by atoms with Crippen molar-refractivity contribution in [2.24, 2.45) is 0 Å². The average molecular weight is 414 g/mol. The summed E-state index contributed by atoms with van der Waals surface area (Å²) in [5, 5.41) is 5.11. The van der Waals surface area contributed by atoms with Crippen molar-refractivity contribution >= 4 is 54.9 Å². The van der Waals surface area contributed by atoms with Gasteiger partial charge in [0.05, 0.1) is 22.5 Å². The fraction of sp³-hybridized carbons (Fsp3) is 0.200. The molecule has 2 aromatic heterocycles. The average Bonchev–Trinajstić information content (AvgIpc) is 3.24. The zero-order chi connectivity index (χ0) is 18.8. The molecule has 4 nitrogen and oxygen atoms in total. The smallest absolute Gasteiger partial charge is 0.190 e. The van der Waals surface area contributed by atoms with Crippen LogP contribution in [0, 0.1) is 6.92 Å². The molecule has 0 aliphatic rings. The van der Waals surface area contributed by atoms with Crippen LogP contribution in [0.5, 0.6) is 5.75 Å². The van der Waals surface area contributed by atoms with Crippen LogP contribution >= 0.6 is 34.4 Å². The highest BCUT2D eigenvalue weighted by Crippen LogP contribution is 2.35. The Kier molecular flexibility index (Phi) is 5.33. The molecule has 0 unspecified atom stereocenters. The van der Waals surface area contributed by atoms with E-state index in [0.29, 0.717) is 6.61 Å². The third kappa shape index (κ3) is 3.95. The standard InChI is InChI=1S/C20H19N3OS3/c1-4-24-14-7-5-13(6-8-14)18-12(2)26-20(22-18)23-19-21-16-10-9-15(25-3)11-17(16)27-19/h5-11H,4H2,1-3H3,(H,21,22,23). The van der Waals surface area contributed by atoms with Gasteiger partial charge < -0.3 is 10.1 Å². The van der Waals surface area contributed by atoms with E-state index in [9.17, 15) is 0 Å². The molecule has 2 aromatic carbocycles. The lowest BCUT2D eigenvalue weighted by Gasteiger charge is -2.03. The number of fused-ring (bicyclic) bond motifs is 1. The molecule has 0 aliphatic heterocycles. The third-order valence-corrected chi connectivity index (χ3v) is 6.59. The Morgan fingerprint density at radius 1 is 1.04 bits per heavy atom. The minimum atomic E-state index is 0.670. The molecule has 7 heteroatoms. The van der Waals surface area contributed by atoms with Crippen LogP contribution < -0.4 is 10.1 Å². The Morgan fingerprint density at radius 3 is 2.56 bits per heavy atom. The van der Waals surface area contributed by atoms with Crippen LogP contribution in [-0.4, -0.2) is 22.8 Å². The molecule has 0 atom stereocenters. The van der Waals surface area contributed by atoms with Crippen LogP contribution in [0.2, 0.25) is 0 Å². The van der Waals surface area contributed by atoms with Crippen LogP contribution in [0.3, 0.4) is 0 Å². The van der Waals surface area contributed by atoms with E-state index >= 15 is 0 Å². The van der Waals surface area contributed by atoms with Crippen LogP contribution in [0.15, 0.2) is 47.4 Å². The fourth-order valence-corrected chi connectivity index (χ4v) is 5.09. The monoisotopic (exact) mass is 413 g/mol. The van der Waals surface area contributed by atoms with E-state index < -0.39 is 0 Å². The number of nitrogens with zero attached hydrogens (tertiary/aromatic N) is 2. The molecule has 0 saturated heterocycles. The SMILES string of the molecule is CCOc1ccc(-c2nc(Nc3nc4ccc(SC)cc4s3)sc2C)cc1. The molecule has 4 rings (SSSR count). The fourth-order valence-electron chi connectivity index (χ4n) is 2.77. The number of nitrogens with one attached hydrogen (secondary N) is 1. The van der Waals surface area contributed by atoms with Crippen molar-refractivity contribution in [1.82, 2.24) is 9.97 Å². The maximum Gasteiger partial charge on any atom is 0.190 e. The first-order chi connectivity index (χ1) is 13.2. The molecule has 0 spiro atoms. The number of benzene rings is 2. The lowest BCUT2D eigenvalue weighted by atomic mass is 10.1. The summed E-state index contributed by atoms with van der Waals surface area (Å²) < 4.78 is 6.70.